The van der Waals surface area contributed by atoms with Crippen molar-refractivity contribution in [2.75, 3.05) is 5.32 Å². The van der Waals surface area contributed by atoms with Crippen LogP contribution in [-0.4, -0.2) is 26.2 Å². The van der Waals surface area contributed by atoms with Crippen LogP contribution in [0.5, 0.6) is 0 Å². The molecule has 0 unspecified atom stereocenters. The number of carbonyl (C=O) groups excluding carboxylic acids is 2. The van der Waals surface area contributed by atoms with Crippen molar-refractivity contribution in [2.45, 2.75) is 69.3 Å². The zero-order valence-corrected chi connectivity index (χ0v) is 19.3. The summed E-state index contributed by atoms with van der Waals surface area (Å²) in [5, 5.41) is 13.3. The summed E-state index contributed by atoms with van der Waals surface area (Å²) in [6, 6.07) is 4.05. The van der Waals surface area contributed by atoms with Crippen molar-refractivity contribution in [1.82, 2.24) is 14.4 Å². The molecule has 4 N–H and O–H groups in total. The average Bonchev–Trinajstić information content (AvgIpc) is 3.39. The Morgan fingerprint density at radius 3 is 2.78 bits per heavy atom. The van der Waals surface area contributed by atoms with Gasteiger partial charge in [0.2, 0.25) is 0 Å². The topological polar surface area (TPSA) is 120 Å². The Morgan fingerprint density at radius 1 is 1.25 bits per heavy atom. The maximum absolute atomic E-state index is 13.6. The van der Waals surface area contributed by atoms with Gasteiger partial charge in [0.1, 0.15) is 0 Å². The molecule has 0 radical (unpaired) electrons. The van der Waals surface area contributed by atoms with Gasteiger partial charge in [-0.1, -0.05) is 13.0 Å². The molecule has 9 heteroatoms. The number of hydrogen-bond donors (Lipinski definition) is 5. The minimum absolute atomic E-state index is 0.205. The number of anilines is 1. The van der Waals surface area contributed by atoms with Crippen LogP contribution in [0.25, 0.3) is 0 Å². The zero-order chi connectivity index (χ0) is 22.8. The van der Waals surface area contributed by atoms with Crippen LogP contribution in [0, 0.1) is 0 Å². The van der Waals surface area contributed by atoms with Crippen molar-refractivity contribution in [2.24, 2.45) is 0 Å². The summed E-state index contributed by atoms with van der Waals surface area (Å²) in [6.07, 6.45) is 4.58. The Labute approximate surface area is 187 Å². The van der Waals surface area contributed by atoms with Crippen molar-refractivity contribution in [3.8, 4) is 0 Å². The third-order valence-corrected chi connectivity index (χ3v) is 8.78. The number of aryl methyl sites for hydroxylation is 1. The molecule has 5 rings (SSSR count). The van der Waals surface area contributed by atoms with Crippen LogP contribution in [0.1, 0.15) is 78.0 Å². The molecule has 0 spiro atoms. The molecule has 3 aliphatic rings. The largest absolute Gasteiger partial charge is 0.386 e. The van der Waals surface area contributed by atoms with E-state index in [9.17, 15) is 18.9 Å². The van der Waals surface area contributed by atoms with Crippen LogP contribution >= 0.6 is 0 Å². The summed E-state index contributed by atoms with van der Waals surface area (Å²) in [4.78, 5) is 30.5. The van der Waals surface area contributed by atoms with Gasteiger partial charge < -0.3 is 10.4 Å². The van der Waals surface area contributed by atoms with E-state index in [-0.39, 0.29) is 10.5 Å². The van der Waals surface area contributed by atoms with Gasteiger partial charge in [-0.2, -0.15) is 0 Å². The first-order valence-electron chi connectivity index (χ1n) is 11.0. The maximum Gasteiger partial charge on any atom is 0.331 e. The summed E-state index contributed by atoms with van der Waals surface area (Å²) in [6.45, 7) is 5.36. The molecule has 2 aromatic rings. The standard InChI is InChI=1S/C23H28N4O4S/c1-12-7-9-16-19(12)24-17-6-4-5-14(17)20(16)25-22(29)27-32(31)18-11-13(23(2,3)30)8-10-15(18)21(28)26-32/h8,10-12,30,32H,4-7,9H2,1-3H3,(H3,24,25,26,27,28,29,31)/t12-/m1/s1. The molecule has 170 valence electrons. The molecule has 1 aromatic carbocycles. The number of aliphatic hydroxyl groups is 1. The number of benzene rings is 1. The number of fused-ring (bicyclic) bond motifs is 3. The molecule has 0 fully saturated rings. The number of rotatable bonds is 3. The molecule has 0 saturated carbocycles. The third-order valence-electron chi connectivity index (χ3n) is 6.70. The first kappa shape index (κ1) is 21.1. The molecule has 32 heavy (non-hydrogen) atoms. The van der Waals surface area contributed by atoms with Gasteiger partial charge in [0.05, 0.1) is 32.1 Å². The van der Waals surface area contributed by atoms with Gasteiger partial charge in [-0.3, -0.25) is 19.2 Å². The minimum atomic E-state index is -3.75. The molecule has 8 nitrogen and oxygen atoms in total. The lowest BCUT2D eigenvalue weighted by Gasteiger charge is -2.24. The zero-order valence-electron chi connectivity index (χ0n) is 18.4. The summed E-state index contributed by atoms with van der Waals surface area (Å²) in [7, 11) is -3.75. The van der Waals surface area contributed by atoms with E-state index in [4.69, 9.17) is 4.98 Å². The van der Waals surface area contributed by atoms with E-state index in [1.807, 2.05) is 0 Å². The molecule has 0 saturated heterocycles. The van der Waals surface area contributed by atoms with Crippen LogP contribution in [0.2, 0.25) is 0 Å². The second kappa shape index (κ2) is 7.11. The van der Waals surface area contributed by atoms with Crippen LogP contribution in [-0.2, 0) is 35.2 Å². The summed E-state index contributed by atoms with van der Waals surface area (Å²) >= 11 is 0. The Morgan fingerprint density at radius 2 is 2.03 bits per heavy atom. The first-order chi connectivity index (χ1) is 15.1. The van der Waals surface area contributed by atoms with E-state index in [2.05, 4.69) is 21.7 Å². The van der Waals surface area contributed by atoms with Crippen molar-refractivity contribution < 1.29 is 18.9 Å². The van der Waals surface area contributed by atoms with Gasteiger partial charge >= 0.3 is 6.03 Å². The number of urea groups is 1. The predicted octanol–water partition coefficient (Wildman–Crippen LogP) is 2.62. The number of nitrogens with one attached hydrogen (secondary N) is 3. The lowest BCUT2D eigenvalue weighted by Crippen LogP contribution is -2.46. The molecular weight excluding hydrogens is 428 g/mol. The number of aromatic nitrogens is 1. The van der Waals surface area contributed by atoms with Gasteiger partial charge in [0, 0.05) is 11.4 Å². The molecule has 1 aromatic heterocycles. The van der Waals surface area contributed by atoms with E-state index in [1.165, 1.54) is 12.1 Å². The van der Waals surface area contributed by atoms with Gasteiger partial charge in [-0.05, 0) is 80.7 Å². The van der Waals surface area contributed by atoms with E-state index >= 15 is 0 Å². The lowest BCUT2D eigenvalue weighted by molar-refractivity contribution is 0.0782. The monoisotopic (exact) mass is 456 g/mol. The SMILES string of the molecule is C[C@@H]1CCc2c1nc1c(c2NC(=O)N[SH]2(=O)NC(=O)c3ccc(C(C)(C)O)cc32)CCC1. The highest BCUT2D eigenvalue weighted by Gasteiger charge is 2.36. The van der Waals surface area contributed by atoms with Crippen LogP contribution in [0.4, 0.5) is 10.5 Å². The highest BCUT2D eigenvalue weighted by molar-refractivity contribution is 8.01. The summed E-state index contributed by atoms with van der Waals surface area (Å²) in [5.41, 5.74) is 4.55. The number of pyridine rings is 1. The van der Waals surface area contributed by atoms with Crippen LogP contribution < -0.4 is 14.8 Å². The number of nitrogens with zero attached hydrogens (tertiary/aromatic N) is 1. The van der Waals surface area contributed by atoms with Gasteiger partial charge in [-0.15, -0.1) is 0 Å². The fourth-order valence-electron chi connectivity index (χ4n) is 4.95. The molecule has 3 amide bonds. The Bertz CT molecular complexity index is 1220. The van der Waals surface area contributed by atoms with Crippen molar-refractivity contribution in [1.29, 1.82) is 0 Å². The van der Waals surface area contributed by atoms with Crippen LogP contribution in [0.15, 0.2) is 23.1 Å². The molecule has 0 bridgehead atoms. The number of amides is 3. The number of carbonyl (C=O) groups is 2. The quantitative estimate of drug-likeness (QED) is 0.455. The van der Waals surface area contributed by atoms with Crippen molar-refractivity contribution >= 4 is 27.9 Å². The van der Waals surface area contributed by atoms with Gasteiger partial charge in [0.25, 0.3) is 5.91 Å². The third kappa shape index (κ3) is 3.31. The highest BCUT2D eigenvalue weighted by Crippen LogP contribution is 2.41. The number of thiol groups is 1. The second-order valence-electron chi connectivity index (χ2n) is 9.48. The van der Waals surface area contributed by atoms with E-state index in [1.54, 1.807) is 19.9 Å². The smallest absolute Gasteiger partial charge is 0.331 e. The Balaban J connectivity index is 1.46. The summed E-state index contributed by atoms with van der Waals surface area (Å²) < 4.78 is 18.6. The van der Waals surface area contributed by atoms with Crippen molar-refractivity contribution in [3.63, 3.8) is 0 Å². The molecule has 2 heterocycles. The molecule has 1 atom stereocenters. The number of hydrogen-bond acceptors (Lipinski definition) is 5. The van der Waals surface area contributed by atoms with Crippen molar-refractivity contribution in [3.05, 3.63) is 51.8 Å². The maximum atomic E-state index is 13.6. The lowest BCUT2D eigenvalue weighted by atomic mass is 9.97. The minimum Gasteiger partial charge on any atom is -0.386 e. The highest BCUT2D eigenvalue weighted by atomic mass is 32.3. The molecular formula is C23H28N4O4S. The van der Waals surface area contributed by atoms with E-state index in [0.717, 1.165) is 60.3 Å². The predicted molar refractivity (Wildman–Crippen MR) is 122 cm³/mol. The van der Waals surface area contributed by atoms with Gasteiger partial charge in [0.15, 0.2) is 0 Å². The Kier molecular flexibility index (Phi) is 4.69. The van der Waals surface area contributed by atoms with Gasteiger partial charge in [-0.25, -0.2) is 9.00 Å². The first-order valence-corrected chi connectivity index (χ1v) is 12.7. The Hall–Kier alpha value is -2.78. The second-order valence-corrected chi connectivity index (χ2v) is 11.6. The normalized spacial score (nSPS) is 21.4. The fourth-order valence-corrected chi connectivity index (χ4v) is 6.83. The molecule has 1 aliphatic heterocycles. The molecule has 2 aliphatic carbocycles. The fraction of sp³-hybridized carbons (Fsp3) is 0.435. The van der Waals surface area contributed by atoms with E-state index < -0.39 is 27.8 Å². The summed E-state index contributed by atoms with van der Waals surface area (Å²) in [5.74, 6) is -0.162. The van der Waals surface area contributed by atoms with E-state index in [0.29, 0.717) is 11.5 Å². The average molecular weight is 457 g/mol. The van der Waals surface area contributed by atoms with Crippen LogP contribution in [0.3, 0.4) is 0 Å².